The van der Waals surface area contributed by atoms with Crippen LogP contribution in [0.25, 0.3) is 0 Å². The molecule has 0 amide bonds. The van der Waals surface area contributed by atoms with Crippen molar-refractivity contribution in [1.82, 2.24) is 4.90 Å². The van der Waals surface area contributed by atoms with Gasteiger partial charge in [0, 0.05) is 12.3 Å². The molecule has 1 rings (SSSR count). The molecule has 0 aromatic heterocycles. The third-order valence-corrected chi connectivity index (χ3v) is 6.57. The van der Waals surface area contributed by atoms with Crippen LogP contribution in [0.3, 0.4) is 0 Å². The fourth-order valence-electron chi connectivity index (χ4n) is 1.86. The van der Waals surface area contributed by atoms with E-state index in [9.17, 15) is 4.57 Å². The van der Waals surface area contributed by atoms with Gasteiger partial charge in [-0.25, -0.2) is 0 Å². The topological polar surface area (TPSA) is 38.8 Å². The number of rotatable bonds is 7. The Kier molecular flexibility index (Phi) is 6.45. The van der Waals surface area contributed by atoms with E-state index in [1.165, 1.54) is 0 Å². The Morgan fingerprint density at radius 1 is 1.41 bits per heavy atom. The van der Waals surface area contributed by atoms with E-state index in [0.717, 1.165) is 16.6 Å². The molecule has 1 aliphatic heterocycles. The highest BCUT2D eigenvalue weighted by Gasteiger charge is 2.41. The minimum absolute atomic E-state index is 0.245. The van der Waals surface area contributed by atoms with Gasteiger partial charge in [-0.1, -0.05) is 30.9 Å². The van der Waals surface area contributed by atoms with Crippen molar-refractivity contribution in [2.24, 2.45) is 0 Å². The van der Waals surface area contributed by atoms with Crippen LogP contribution in [0, 0.1) is 0 Å². The summed E-state index contributed by atoms with van der Waals surface area (Å²) in [7, 11) is -3.09. The number of hydrogen-bond donors (Lipinski definition) is 0. The fraction of sp³-hybridized carbons (Fsp3) is 0.900. The van der Waals surface area contributed by atoms with Crippen LogP contribution in [-0.2, 0) is 13.6 Å². The predicted molar refractivity (Wildman–Crippen MR) is 76.7 cm³/mol. The lowest BCUT2D eigenvalue weighted by molar-refractivity contribution is 0.192. The molecule has 1 atom stereocenters. The van der Waals surface area contributed by atoms with Gasteiger partial charge in [-0.15, -0.1) is 0 Å². The van der Waals surface area contributed by atoms with E-state index in [1.54, 1.807) is 11.8 Å². The zero-order chi connectivity index (χ0) is 12.9. The van der Waals surface area contributed by atoms with Gasteiger partial charge in [-0.05, 0) is 20.3 Å². The average Bonchev–Trinajstić information content (AvgIpc) is 2.66. The van der Waals surface area contributed by atoms with Crippen LogP contribution in [0.15, 0.2) is 0 Å². The highest BCUT2D eigenvalue weighted by atomic mass is 32.2. The van der Waals surface area contributed by atoms with Gasteiger partial charge < -0.3 is 13.9 Å². The minimum Gasteiger partial charge on any atom is -0.342 e. The van der Waals surface area contributed by atoms with Gasteiger partial charge >= 0.3 is 7.60 Å². The zero-order valence-electron chi connectivity index (χ0n) is 10.5. The van der Waals surface area contributed by atoms with Gasteiger partial charge in [0.15, 0.2) is 0 Å². The van der Waals surface area contributed by atoms with Gasteiger partial charge in [0.05, 0.1) is 13.2 Å². The lowest BCUT2D eigenvalue weighted by atomic mass is 10.4. The largest absolute Gasteiger partial charge is 0.352 e. The first-order valence-electron chi connectivity index (χ1n) is 5.91. The summed E-state index contributed by atoms with van der Waals surface area (Å²) in [6, 6.07) is 0. The van der Waals surface area contributed by atoms with Crippen molar-refractivity contribution in [1.29, 1.82) is 0 Å². The van der Waals surface area contributed by atoms with Crippen molar-refractivity contribution in [3.8, 4) is 0 Å². The van der Waals surface area contributed by atoms with Crippen molar-refractivity contribution in [3.05, 3.63) is 0 Å². The van der Waals surface area contributed by atoms with Crippen LogP contribution in [0.1, 0.15) is 27.2 Å². The lowest BCUT2D eigenvalue weighted by Crippen LogP contribution is -2.35. The van der Waals surface area contributed by atoms with E-state index < -0.39 is 7.60 Å². The van der Waals surface area contributed by atoms with E-state index >= 15 is 0 Å². The summed E-state index contributed by atoms with van der Waals surface area (Å²) in [5.41, 5.74) is 0. The predicted octanol–water partition coefficient (Wildman–Crippen LogP) is 3.32. The smallest absolute Gasteiger partial charge is 0.342 e. The number of hydrogen-bond acceptors (Lipinski definition) is 5. The Hall–Kier alpha value is 0.390. The number of thioether (sulfide) groups is 1. The Morgan fingerprint density at radius 3 is 2.35 bits per heavy atom. The van der Waals surface area contributed by atoms with Crippen molar-refractivity contribution < 1.29 is 13.6 Å². The van der Waals surface area contributed by atoms with Crippen LogP contribution in [0.2, 0.25) is 0 Å². The molecule has 0 aromatic rings. The van der Waals surface area contributed by atoms with Crippen LogP contribution in [-0.4, -0.2) is 40.5 Å². The molecule has 1 heterocycles. The third kappa shape index (κ3) is 3.67. The molecule has 4 nitrogen and oxygen atoms in total. The molecule has 1 saturated heterocycles. The van der Waals surface area contributed by atoms with Crippen LogP contribution in [0.4, 0.5) is 0 Å². The SMILES string of the molecule is CCOP(=O)(OCC)C(CC)N1CCSC1=S. The fourth-order valence-corrected chi connectivity index (χ4v) is 5.49. The molecule has 0 aliphatic carbocycles. The van der Waals surface area contributed by atoms with Crippen molar-refractivity contribution in [2.45, 2.75) is 33.0 Å². The van der Waals surface area contributed by atoms with Crippen LogP contribution in [0.5, 0.6) is 0 Å². The lowest BCUT2D eigenvalue weighted by Gasteiger charge is -2.33. The summed E-state index contributed by atoms with van der Waals surface area (Å²) in [5.74, 6) is 0.707. The van der Waals surface area contributed by atoms with Crippen LogP contribution >= 0.6 is 31.6 Å². The third-order valence-electron chi connectivity index (χ3n) is 2.50. The quantitative estimate of drug-likeness (QED) is 0.530. The summed E-state index contributed by atoms with van der Waals surface area (Å²) in [6.45, 7) is 7.25. The Balaban J connectivity index is 2.88. The molecule has 17 heavy (non-hydrogen) atoms. The molecule has 0 radical (unpaired) electrons. The minimum atomic E-state index is -3.09. The van der Waals surface area contributed by atoms with E-state index in [2.05, 4.69) is 0 Å². The monoisotopic (exact) mass is 297 g/mol. The van der Waals surface area contributed by atoms with E-state index in [-0.39, 0.29) is 5.78 Å². The maximum atomic E-state index is 12.7. The van der Waals surface area contributed by atoms with Crippen molar-refractivity contribution >= 4 is 35.9 Å². The summed E-state index contributed by atoms with van der Waals surface area (Å²) < 4.78 is 24.3. The summed E-state index contributed by atoms with van der Waals surface area (Å²) in [4.78, 5) is 1.99. The second kappa shape index (κ2) is 7.10. The Labute approximate surface area is 113 Å². The molecular weight excluding hydrogens is 277 g/mol. The van der Waals surface area contributed by atoms with Gasteiger partial charge in [-0.2, -0.15) is 0 Å². The van der Waals surface area contributed by atoms with Gasteiger partial charge in [0.2, 0.25) is 0 Å². The van der Waals surface area contributed by atoms with Crippen molar-refractivity contribution in [2.75, 3.05) is 25.5 Å². The molecule has 0 saturated carbocycles. The molecule has 0 bridgehead atoms. The molecule has 1 aliphatic rings. The van der Waals surface area contributed by atoms with E-state index in [1.807, 2.05) is 25.7 Å². The summed E-state index contributed by atoms with van der Waals surface area (Å²) in [6.07, 6.45) is 0.706. The second-order valence-corrected chi connectivity index (χ2v) is 7.49. The molecule has 0 N–H and O–H groups in total. The maximum Gasteiger partial charge on any atom is 0.352 e. The molecule has 7 heteroatoms. The zero-order valence-corrected chi connectivity index (χ0v) is 13.1. The first kappa shape index (κ1) is 15.4. The maximum absolute atomic E-state index is 12.7. The average molecular weight is 297 g/mol. The van der Waals surface area contributed by atoms with Gasteiger partial charge in [-0.3, -0.25) is 4.57 Å². The normalized spacial score (nSPS) is 18.8. The summed E-state index contributed by atoms with van der Waals surface area (Å²) >= 11 is 6.90. The molecule has 0 spiro atoms. The molecule has 1 fully saturated rings. The second-order valence-electron chi connectivity index (χ2n) is 3.57. The molecule has 100 valence electrons. The van der Waals surface area contributed by atoms with E-state index in [4.69, 9.17) is 21.3 Å². The first-order valence-corrected chi connectivity index (χ1v) is 8.91. The molecular formula is C10H20NO3PS2. The first-order chi connectivity index (χ1) is 8.09. The molecule has 0 aromatic carbocycles. The Bertz CT molecular complexity index is 304. The van der Waals surface area contributed by atoms with Crippen molar-refractivity contribution in [3.63, 3.8) is 0 Å². The standard InChI is InChI=1S/C10H20NO3PS2/c1-4-9(11-7-8-17-10(11)16)15(12,13-5-2)14-6-3/h9H,4-8H2,1-3H3. The highest BCUT2D eigenvalue weighted by Crippen LogP contribution is 2.56. The molecule has 1 unspecified atom stereocenters. The highest BCUT2D eigenvalue weighted by molar-refractivity contribution is 8.23. The van der Waals surface area contributed by atoms with Crippen LogP contribution < -0.4 is 0 Å². The summed E-state index contributed by atoms with van der Waals surface area (Å²) in [5, 5.41) is 0. The number of thiocarbonyl (C=S) groups is 1. The van der Waals surface area contributed by atoms with Gasteiger partial charge in [0.1, 0.15) is 10.1 Å². The Morgan fingerprint density at radius 2 is 2.00 bits per heavy atom. The number of nitrogens with zero attached hydrogens (tertiary/aromatic N) is 1. The van der Waals surface area contributed by atoms with E-state index in [0.29, 0.717) is 19.6 Å². The van der Waals surface area contributed by atoms with Gasteiger partial charge in [0.25, 0.3) is 0 Å².